The molecule has 0 aliphatic carbocycles. The number of rotatable bonds is 5. The van der Waals surface area contributed by atoms with Gasteiger partial charge in [0.15, 0.2) is 11.6 Å². The summed E-state index contributed by atoms with van der Waals surface area (Å²) in [6.07, 6.45) is 0.914. The highest BCUT2D eigenvalue weighted by Crippen LogP contribution is 2.31. The third-order valence-corrected chi connectivity index (χ3v) is 4.08. The van der Waals surface area contributed by atoms with Crippen LogP contribution in [0.2, 0.25) is 0 Å². The molecule has 0 fully saturated rings. The van der Waals surface area contributed by atoms with Gasteiger partial charge in [0.25, 0.3) is 0 Å². The van der Waals surface area contributed by atoms with Crippen LogP contribution in [0.1, 0.15) is 36.1 Å². The van der Waals surface area contributed by atoms with Gasteiger partial charge >= 0.3 is 0 Å². The Kier molecular flexibility index (Phi) is 5.48. The Morgan fingerprint density at radius 3 is 2.62 bits per heavy atom. The van der Waals surface area contributed by atoms with Crippen LogP contribution in [0.5, 0.6) is 0 Å². The Bertz CT molecular complexity index is 626. The molecule has 1 N–H and O–H groups in total. The number of hydrogen-bond donors (Lipinski definition) is 1. The predicted molar refractivity (Wildman–Crippen MR) is 85.4 cm³/mol. The van der Waals surface area contributed by atoms with Crippen LogP contribution in [0, 0.1) is 18.6 Å². The summed E-state index contributed by atoms with van der Waals surface area (Å²) >= 11 is 3.51. The average Bonchev–Trinajstić information content (AvgIpc) is 2.47. The van der Waals surface area contributed by atoms with Crippen LogP contribution in [-0.2, 0) is 0 Å². The van der Waals surface area contributed by atoms with Crippen LogP contribution >= 0.6 is 15.9 Å². The van der Waals surface area contributed by atoms with E-state index in [9.17, 15) is 8.78 Å². The molecule has 2 rings (SSSR count). The monoisotopic (exact) mass is 353 g/mol. The normalized spacial score (nSPS) is 12.4. The van der Waals surface area contributed by atoms with Gasteiger partial charge in [0.2, 0.25) is 0 Å². The number of hydrogen-bond acceptors (Lipinski definition) is 1. The van der Waals surface area contributed by atoms with E-state index in [4.69, 9.17) is 0 Å². The van der Waals surface area contributed by atoms with E-state index in [1.807, 2.05) is 32.0 Å². The van der Waals surface area contributed by atoms with Crippen molar-refractivity contribution in [3.63, 3.8) is 0 Å². The second-order valence-corrected chi connectivity index (χ2v) is 5.91. The van der Waals surface area contributed by atoms with Gasteiger partial charge in [-0.15, -0.1) is 0 Å². The molecule has 1 nitrogen and oxygen atoms in total. The van der Waals surface area contributed by atoms with Crippen LogP contribution in [0.15, 0.2) is 40.9 Å². The standard InChI is InChI=1S/C17H18BrF2N/c1-3-9-21-17(12-5-4-6-15(19)16(12)20)13-10-11(2)7-8-14(13)18/h4-8,10,17,21H,3,9H2,1-2H3. The molecule has 0 radical (unpaired) electrons. The first-order valence-electron chi connectivity index (χ1n) is 6.98. The summed E-state index contributed by atoms with van der Waals surface area (Å²) in [5.74, 6) is -1.61. The second kappa shape index (κ2) is 7.14. The van der Waals surface area contributed by atoms with Crippen molar-refractivity contribution in [3.8, 4) is 0 Å². The molecule has 1 unspecified atom stereocenters. The molecule has 4 heteroatoms. The molecule has 0 saturated carbocycles. The van der Waals surface area contributed by atoms with Crippen molar-refractivity contribution in [1.29, 1.82) is 0 Å². The van der Waals surface area contributed by atoms with Gasteiger partial charge in [-0.2, -0.15) is 0 Å². The van der Waals surface area contributed by atoms with E-state index in [0.29, 0.717) is 5.56 Å². The van der Waals surface area contributed by atoms with E-state index >= 15 is 0 Å². The third-order valence-electron chi connectivity index (χ3n) is 3.35. The van der Waals surface area contributed by atoms with Crippen molar-refractivity contribution in [1.82, 2.24) is 5.32 Å². The molecular formula is C17H18BrF2N. The number of benzene rings is 2. The lowest BCUT2D eigenvalue weighted by atomic mass is 9.96. The number of nitrogens with one attached hydrogen (secondary N) is 1. The smallest absolute Gasteiger partial charge is 0.163 e. The fraction of sp³-hybridized carbons (Fsp3) is 0.294. The molecule has 21 heavy (non-hydrogen) atoms. The van der Waals surface area contributed by atoms with Crippen molar-refractivity contribution in [3.05, 3.63) is 69.2 Å². The molecule has 2 aromatic carbocycles. The van der Waals surface area contributed by atoms with E-state index in [1.165, 1.54) is 6.07 Å². The molecule has 0 bridgehead atoms. The Balaban J connectivity index is 2.52. The van der Waals surface area contributed by atoms with E-state index < -0.39 is 11.6 Å². The van der Waals surface area contributed by atoms with E-state index in [-0.39, 0.29) is 6.04 Å². The fourth-order valence-electron chi connectivity index (χ4n) is 2.30. The molecular weight excluding hydrogens is 336 g/mol. The lowest BCUT2D eigenvalue weighted by Crippen LogP contribution is -2.25. The summed E-state index contributed by atoms with van der Waals surface area (Å²) in [5, 5.41) is 3.30. The van der Waals surface area contributed by atoms with Gasteiger partial charge < -0.3 is 5.32 Å². The van der Waals surface area contributed by atoms with Crippen molar-refractivity contribution < 1.29 is 8.78 Å². The topological polar surface area (TPSA) is 12.0 Å². The fourth-order valence-corrected chi connectivity index (χ4v) is 2.78. The van der Waals surface area contributed by atoms with Crippen molar-refractivity contribution in [2.75, 3.05) is 6.54 Å². The van der Waals surface area contributed by atoms with Crippen LogP contribution in [0.4, 0.5) is 8.78 Å². The van der Waals surface area contributed by atoms with Crippen molar-refractivity contribution in [2.24, 2.45) is 0 Å². The Morgan fingerprint density at radius 1 is 1.14 bits per heavy atom. The predicted octanol–water partition coefficient (Wildman–Crippen LogP) is 5.12. The minimum absolute atomic E-state index is 0.328. The minimum Gasteiger partial charge on any atom is -0.306 e. The summed E-state index contributed by atoms with van der Waals surface area (Å²) in [6, 6.07) is 9.82. The quantitative estimate of drug-likeness (QED) is 0.785. The maximum Gasteiger partial charge on any atom is 0.163 e. The Hall–Kier alpha value is -1.26. The molecule has 112 valence electrons. The Morgan fingerprint density at radius 2 is 1.90 bits per heavy atom. The van der Waals surface area contributed by atoms with Crippen LogP contribution in [0.25, 0.3) is 0 Å². The van der Waals surface area contributed by atoms with Gasteiger partial charge in [0, 0.05) is 10.0 Å². The van der Waals surface area contributed by atoms with Crippen LogP contribution in [0.3, 0.4) is 0 Å². The van der Waals surface area contributed by atoms with Gasteiger partial charge in [0.05, 0.1) is 6.04 Å². The van der Waals surface area contributed by atoms with Crippen molar-refractivity contribution >= 4 is 15.9 Å². The first kappa shape index (κ1) is 16.1. The highest BCUT2D eigenvalue weighted by atomic mass is 79.9. The van der Waals surface area contributed by atoms with E-state index in [1.54, 1.807) is 6.07 Å². The highest BCUT2D eigenvalue weighted by Gasteiger charge is 2.21. The lowest BCUT2D eigenvalue weighted by molar-refractivity contribution is 0.480. The molecule has 1 atom stereocenters. The van der Waals surface area contributed by atoms with Crippen LogP contribution in [-0.4, -0.2) is 6.54 Å². The minimum atomic E-state index is -0.820. The molecule has 0 aromatic heterocycles. The van der Waals surface area contributed by atoms with E-state index in [2.05, 4.69) is 21.2 Å². The summed E-state index contributed by atoms with van der Waals surface area (Å²) < 4.78 is 28.6. The molecule has 0 amide bonds. The highest BCUT2D eigenvalue weighted by molar-refractivity contribution is 9.10. The number of halogens is 3. The van der Waals surface area contributed by atoms with Gasteiger partial charge in [-0.25, -0.2) is 8.78 Å². The zero-order valence-electron chi connectivity index (χ0n) is 12.1. The molecule has 0 aliphatic rings. The first-order valence-corrected chi connectivity index (χ1v) is 7.77. The number of aryl methyl sites for hydroxylation is 1. The van der Waals surface area contributed by atoms with Crippen LogP contribution < -0.4 is 5.32 Å². The first-order chi connectivity index (χ1) is 10.0. The molecule has 2 aromatic rings. The van der Waals surface area contributed by atoms with Crippen molar-refractivity contribution in [2.45, 2.75) is 26.3 Å². The summed E-state index contributed by atoms with van der Waals surface area (Å²) in [7, 11) is 0. The molecule has 0 spiro atoms. The van der Waals surface area contributed by atoms with Gasteiger partial charge in [-0.3, -0.25) is 0 Å². The summed E-state index contributed by atoms with van der Waals surface area (Å²) in [5.41, 5.74) is 2.32. The average molecular weight is 354 g/mol. The van der Waals surface area contributed by atoms with Gasteiger partial charge in [0.1, 0.15) is 0 Å². The SMILES string of the molecule is CCCNC(c1cc(C)ccc1Br)c1cccc(F)c1F. The largest absolute Gasteiger partial charge is 0.306 e. The Labute approximate surface area is 132 Å². The van der Waals surface area contributed by atoms with Gasteiger partial charge in [-0.05, 0) is 37.6 Å². The maximum atomic E-state index is 14.2. The van der Waals surface area contributed by atoms with E-state index in [0.717, 1.165) is 34.6 Å². The molecule has 0 saturated heterocycles. The third kappa shape index (κ3) is 3.69. The lowest BCUT2D eigenvalue weighted by Gasteiger charge is -2.22. The molecule has 0 aliphatic heterocycles. The van der Waals surface area contributed by atoms with Gasteiger partial charge in [-0.1, -0.05) is 52.7 Å². The zero-order chi connectivity index (χ0) is 15.4. The second-order valence-electron chi connectivity index (χ2n) is 5.06. The summed E-state index contributed by atoms with van der Waals surface area (Å²) in [4.78, 5) is 0. The zero-order valence-corrected chi connectivity index (χ0v) is 13.7. The molecule has 0 heterocycles. The summed E-state index contributed by atoms with van der Waals surface area (Å²) in [6.45, 7) is 4.74. The maximum absolute atomic E-state index is 14.2.